The summed E-state index contributed by atoms with van der Waals surface area (Å²) in [7, 11) is 1.57. The fourth-order valence-corrected chi connectivity index (χ4v) is 2.84. The van der Waals surface area contributed by atoms with Crippen LogP contribution in [-0.4, -0.2) is 30.1 Å². The molecule has 5 heteroatoms. The van der Waals surface area contributed by atoms with Crippen LogP contribution in [0.1, 0.15) is 52.4 Å². The van der Waals surface area contributed by atoms with Crippen LogP contribution in [0.2, 0.25) is 0 Å². The van der Waals surface area contributed by atoms with Gasteiger partial charge in [-0.05, 0) is 45.4 Å². The van der Waals surface area contributed by atoms with Crippen LogP contribution in [0.15, 0.2) is 0 Å². The molecule has 0 aromatic rings. The van der Waals surface area contributed by atoms with Crippen LogP contribution in [-0.2, 0) is 4.74 Å². The number of halogens is 3. The first-order valence-corrected chi connectivity index (χ1v) is 6.97. The number of aliphatic hydroxyl groups is 1. The van der Waals surface area contributed by atoms with Crippen molar-refractivity contribution in [3.8, 4) is 0 Å². The minimum Gasteiger partial charge on any atom is -0.393 e. The minimum atomic E-state index is -4.19. The van der Waals surface area contributed by atoms with E-state index in [4.69, 9.17) is 4.74 Å². The second-order valence-corrected chi connectivity index (χ2v) is 6.17. The predicted molar refractivity (Wildman–Crippen MR) is 67.8 cm³/mol. The summed E-state index contributed by atoms with van der Waals surface area (Å²) in [5, 5.41) is 10.1. The largest absolute Gasteiger partial charge is 0.393 e. The van der Waals surface area contributed by atoms with Crippen molar-refractivity contribution in [2.24, 2.45) is 11.8 Å². The molecule has 0 spiro atoms. The zero-order chi connectivity index (χ0) is 14.7. The number of hydrogen-bond acceptors (Lipinski definition) is 2. The molecule has 0 aromatic carbocycles. The number of ether oxygens (including phenoxy) is 1. The lowest BCUT2D eigenvalue weighted by Gasteiger charge is -2.36. The molecule has 19 heavy (non-hydrogen) atoms. The van der Waals surface area contributed by atoms with E-state index in [1.54, 1.807) is 7.11 Å². The van der Waals surface area contributed by atoms with Crippen molar-refractivity contribution < 1.29 is 23.0 Å². The Hall–Kier alpha value is -0.290. The Morgan fingerprint density at radius 2 is 1.79 bits per heavy atom. The van der Waals surface area contributed by atoms with Crippen LogP contribution in [0.5, 0.6) is 0 Å². The summed E-state index contributed by atoms with van der Waals surface area (Å²) >= 11 is 0. The van der Waals surface area contributed by atoms with Gasteiger partial charge in [0.1, 0.15) is 0 Å². The molecule has 0 amide bonds. The van der Waals surface area contributed by atoms with E-state index in [2.05, 4.69) is 0 Å². The third kappa shape index (κ3) is 4.95. The maximum absolute atomic E-state index is 13.0. The van der Waals surface area contributed by atoms with Gasteiger partial charge in [0, 0.05) is 7.11 Å². The van der Waals surface area contributed by atoms with E-state index < -0.39 is 29.7 Å². The lowest BCUT2D eigenvalue weighted by Crippen LogP contribution is -2.40. The molecule has 1 N–H and O–H groups in total. The quantitative estimate of drug-likeness (QED) is 0.828. The van der Waals surface area contributed by atoms with Gasteiger partial charge < -0.3 is 9.84 Å². The molecule has 1 saturated carbocycles. The molecule has 0 aliphatic heterocycles. The molecular weight excluding hydrogens is 257 g/mol. The summed E-state index contributed by atoms with van der Waals surface area (Å²) in [4.78, 5) is 0. The average Bonchev–Trinajstić information content (AvgIpc) is 2.35. The normalized spacial score (nSPS) is 27.3. The van der Waals surface area contributed by atoms with Crippen molar-refractivity contribution >= 4 is 0 Å². The Morgan fingerprint density at radius 3 is 2.32 bits per heavy atom. The fraction of sp³-hybridized carbons (Fsp3) is 1.00. The van der Waals surface area contributed by atoms with Gasteiger partial charge >= 0.3 is 6.18 Å². The predicted octanol–water partition coefficient (Wildman–Crippen LogP) is 3.92. The Morgan fingerprint density at radius 1 is 1.21 bits per heavy atom. The highest BCUT2D eigenvalue weighted by Crippen LogP contribution is 2.43. The van der Waals surface area contributed by atoms with Gasteiger partial charge in [0.15, 0.2) is 0 Å². The van der Waals surface area contributed by atoms with Crippen molar-refractivity contribution in [2.75, 3.05) is 7.11 Å². The van der Waals surface area contributed by atoms with E-state index in [-0.39, 0.29) is 6.42 Å². The molecule has 0 radical (unpaired) electrons. The number of aliphatic hydroxyl groups excluding tert-OH is 1. The van der Waals surface area contributed by atoms with Gasteiger partial charge in [-0.15, -0.1) is 0 Å². The molecule has 0 heterocycles. The van der Waals surface area contributed by atoms with Gasteiger partial charge in [-0.1, -0.05) is 12.8 Å². The van der Waals surface area contributed by atoms with Gasteiger partial charge in [-0.2, -0.15) is 13.2 Å². The molecule has 1 aliphatic carbocycles. The van der Waals surface area contributed by atoms with E-state index in [0.29, 0.717) is 25.7 Å². The Kier molecular flexibility index (Phi) is 5.68. The minimum absolute atomic E-state index is 0.152. The molecule has 0 bridgehead atoms. The van der Waals surface area contributed by atoms with Gasteiger partial charge in [0.05, 0.1) is 17.6 Å². The maximum Gasteiger partial charge on any atom is 0.392 e. The van der Waals surface area contributed by atoms with Crippen LogP contribution in [0.25, 0.3) is 0 Å². The van der Waals surface area contributed by atoms with Crippen LogP contribution >= 0.6 is 0 Å². The second kappa shape index (κ2) is 6.44. The van der Waals surface area contributed by atoms with Gasteiger partial charge in [-0.25, -0.2) is 0 Å². The number of methoxy groups -OCH3 is 1. The van der Waals surface area contributed by atoms with Gasteiger partial charge in [0.25, 0.3) is 0 Å². The molecule has 1 fully saturated rings. The molecule has 1 aliphatic rings. The van der Waals surface area contributed by atoms with E-state index >= 15 is 0 Å². The molecule has 114 valence electrons. The zero-order valence-corrected chi connectivity index (χ0v) is 12.0. The Labute approximate surface area is 113 Å². The van der Waals surface area contributed by atoms with E-state index in [1.807, 2.05) is 13.8 Å². The summed E-state index contributed by atoms with van der Waals surface area (Å²) < 4.78 is 44.1. The molecule has 3 unspecified atom stereocenters. The fourth-order valence-electron chi connectivity index (χ4n) is 2.84. The average molecular weight is 282 g/mol. The maximum atomic E-state index is 13.0. The Bertz CT molecular complexity index is 276. The van der Waals surface area contributed by atoms with E-state index in [1.165, 1.54) is 0 Å². The third-order valence-electron chi connectivity index (χ3n) is 4.33. The molecule has 0 saturated heterocycles. The summed E-state index contributed by atoms with van der Waals surface area (Å²) in [6.07, 6.45) is -2.15. The SMILES string of the molecule is COC(C)(C)CCC(O)C1CCCCC1C(F)(F)F. The first-order chi connectivity index (χ1) is 8.67. The van der Waals surface area contributed by atoms with Crippen molar-refractivity contribution in [2.45, 2.75) is 70.3 Å². The summed E-state index contributed by atoms with van der Waals surface area (Å²) in [6.45, 7) is 3.75. The standard InChI is InChI=1S/C14H25F3O2/c1-13(2,19-3)9-8-12(18)10-6-4-5-7-11(10)14(15,16)17/h10-12,18H,4-9H2,1-3H3. The Balaban J connectivity index is 2.60. The topological polar surface area (TPSA) is 29.5 Å². The second-order valence-electron chi connectivity index (χ2n) is 6.17. The number of rotatable bonds is 5. The highest BCUT2D eigenvalue weighted by Gasteiger charge is 2.47. The van der Waals surface area contributed by atoms with Crippen molar-refractivity contribution in [3.63, 3.8) is 0 Å². The molecule has 2 nitrogen and oxygen atoms in total. The lowest BCUT2D eigenvalue weighted by atomic mass is 9.74. The summed E-state index contributed by atoms with van der Waals surface area (Å²) in [5.41, 5.74) is -0.399. The third-order valence-corrected chi connectivity index (χ3v) is 4.33. The zero-order valence-electron chi connectivity index (χ0n) is 12.0. The van der Waals surface area contributed by atoms with Crippen molar-refractivity contribution in [1.29, 1.82) is 0 Å². The van der Waals surface area contributed by atoms with Crippen LogP contribution in [0.3, 0.4) is 0 Å². The van der Waals surface area contributed by atoms with Crippen LogP contribution in [0, 0.1) is 11.8 Å². The molecule has 1 rings (SSSR count). The van der Waals surface area contributed by atoms with E-state index in [9.17, 15) is 18.3 Å². The first kappa shape index (κ1) is 16.8. The molecule has 0 aromatic heterocycles. The van der Waals surface area contributed by atoms with Gasteiger partial charge in [-0.3, -0.25) is 0 Å². The lowest BCUT2D eigenvalue weighted by molar-refractivity contribution is -0.207. The molecular formula is C14H25F3O2. The highest BCUT2D eigenvalue weighted by molar-refractivity contribution is 4.86. The van der Waals surface area contributed by atoms with Crippen LogP contribution < -0.4 is 0 Å². The van der Waals surface area contributed by atoms with Crippen molar-refractivity contribution in [3.05, 3.63) is 0 Å². The first-order valence-electron chi connectivity index (χ1n) is 6.97. The monoisotopic (exact) mass is 282 g/mol. The smallest absolute Gasteiger partial charge is 0.392 e. The van der Waals surface area contributed by atoms with Crippen LogP contribution in [0.4, 0.5) is 13.2 Å². The summed E-state index contributed by atoms with van der Waals surface area (Å²) in [5.74, 6) is -2.00. The summed E-state index contributed by atoms with van der Waals surface area (Å²) in [6, 6.07) is 0. The van der Waals surface area contributed by atoms with Crippen molar-refractivity contribution in [1.82, 2.24) is 0 Å². The van der Waals surface area contributed by atoms with E-state index in [0.717, 1.165) is 6.42 Å². The number of hydrogen-bond donors (Lipinski definition) is 1. The van der Waals surface area contributed by atoms with Gasteiger partial charge in [0.2, 0.25) is 0 Å². The highest BCUT2D eigenvalue weighted by atomic mass is 19.4. The number of alkyl halides is 3. The molecule has 3 atom stereocenters.